The summed E-state index contributed by atoms with van der Waals surface area (Å²) in [6.45, 7) is 11.0. The Balaban J connectivity index is 0.000000165. The molecule has 6 heteroatoms. The van der Waals surface area contributed by atoms with Crippen molar-refractivity contribution in [3.05, 3.63) is 187 Å². The number of hydrogen-bond donors (Lipinski definition) is 0. The second-order valence-corrected chi connectivity index (χ2v) is 16.0. The zero-order chi connectivity index (χ0) is 39.8. The second-order valence-electron chi connectivity index (χ2n) is 16.0. The molecular weight excluding hydrogens is 903 g/mol. The standard InChI is InChI=1S/C28H23N2O2.C25H20N.Ir/c1-28(2,3)17-18-14-15-29-20(16-18)19-12-13-25-26-27(19)32-24-11-7-5-9-22(24)30(26)21-8-4-6-10-23(21)31-25;1-18-13-14-22(15-23(18)20-9-5-3-6-10-20)25-16-24(19(2)17-26-25)21-11-7-4-8-12-21;/h4-11,13-16H,17H2,1-3H3;3-13,15-17H,1-2H3;/q2*-1;. The van der Waals surface area contributed by atoms with Crippen molar-refractivity contribution >= 4 is 17.1 Å². The van der Waals surface area contributed by atoms with Gasteiger partial charge in [0.2, 0.25) is 0 Å². The second kappa shape index (κ2) is 16.5. The molecule has 0 aliphatic carbocycles. The fraction of sp³-hybridized carbons (Fsp3) is 0.132. The third kappa shape index (κ3) is 8.07. The van der Waals surface area contributed by atoms with Gasteiger partial charge < -0.3 is 24.3 Å². The summed E-state index contributed by atoms with van der Waals surface area (Å²) in [6.07, 6.45) is 4.79. The Labute approximate surface area is 360 Å². The quantitative estimate of drug-likeness (QED) is 0.161. The van der Waals surface area contributed by atoms with Gasteiger partial charge in [-0.05, 0) is 82.7 Å². The fourth-order valence-electron chi connectivity index (χ4n) is 7.71. The number of nitrogens with zero attached hydrogens (tertiary/aromatic N) is 3. The van der Waals surface area contributed by atoms with Crippen molar-refractivity contribution in [3.63, 3.8) is 0 Å². The number of aromatic nitrogens is 2. The molecule has 293 valence electrons. The van der Waals surface area contributed by atoms with Gasteiger partial charge in [-0.3, -0.25) is 0 Å². The van der Waals surface area contributed by atoms with Gasteiger partial charge in [-0.15, -0.1) is 41.5 Å². The molecule has 0 saturated carbocycles. The van der Waals surface area contributed by atoms with Crippen LogP contribution in [0.4, 0.5) is 17.1 Å². The predicted molar refractivity (Wildman–Crippen MR) is 235 cm³/mol. The molecule has 0 bridgehead atoms. The van der Waals surface area contributed by atoms with Crippen molar-refractivity contribution in [2.45, 2.75) is 41.0 Å². The number of fused-ring (bicyclic) bond motifs is 4. The average molecular weight is 946 g/mol. The smallest absolute Gasteiger partial charge is 0.138 e. The Bertz CT molecular complexity index is 2680. The molecule has 8 aromatic rings. The average Bonchev–Trinajstić information content (AvgIpc) is 3.24. The van der Waals surface area contributed by atoms with Crippen LogP contribution in [-0.4, -0.2) is 9.97 Å². The molecule has 1 radical (unpaired) electrons. The van der Waals surface area contributed by atoms with E-state index < -0.39 is 0 Å². The first-order chi connectivity index (χ1) is 28.2. The van der Waals surface area contributed by atoms with Gasteiger partial charge in [0, 0.05) is 38.2 Å². The normalized spacial score (nSPS) is 12.0. The van der Waals surface area contributed by atoms with Crippen molar-refractivity contribution in [2.75, 3.05) is 4.90 Å². The van der Waals surface area contributed by atoms with Gasteiger partial charge in [-0.1, -0.05) is 141 Å². The largest absolute Gasteiger partial charge is 0.497 e. The Morgan fingerprint density at radius 2 is 1.20 bits per heavy atom. The first-order valence-electron chi connectivity index (χ1n) is 19.7. The van der Waals surface area contributed by atoms with E-state index in [0.29, 0.717) is 0 Å². The number of pyridine rings is 2. The maximum absolute atomic E-state index is 6.47. The molecule has 59 heavy (non-hydrogen) atoms. The van der Waals surface area contributed by atoms with Crippen molar-refractivity contribution in [3.8, 4) is 67.8 Å². The van der Waals surface area contributed by atoms with E-state index in [1.165, 1.54) is 38.9 Å². The van der Waals surface area contributed by atoms with Crippen LogP contribution in [0.25, 0.3) is 44.8 Å². The molecule has 0 saturated heterocycles. The van der Waals surface area contributed by atoms with Crippen LogP contribution >= 0.6 is 0 Å². The van der Waals surface area contributed by atoms with E-state index in [2.05, 4.69) is 153 Å². The molecule has 5 nitrogen and oxygen atoms in total. The SMILES string of the molecule is CC(C)(C)Cc1ccnc(-c2[c-]cc3c4c2Oc2ccccc2N4c2ccccc2O3)c1.Cc1c[c-]c(-c2cc(-c3ccccc3)c(C)cn2)cc1-c1ccccc1.[Ir]. The molecule has 0 unspecified atom stereocenters. The first-order valence-corrected chi connectivity index (χ1v) is 19.7. The van der Waals surface area contributed by atoms with E-state index in [1.807, 2.05) is 67.0 Å². The molecule has 0 spiro atoms. The summed E-state index contributed by atoms with van der Waals surface area (Å²) in [5.74, 6) is 3.06. The van der Waals surface area contributed by atoms with Gasteiger partial charge in [0.1, 0.15) is 11.5 Å². The summed E-state index contributed by atoms with van der Waals surface area (Å²) in [5.41, 5.74) is 15.2. The summed E-state index contributed by atoms with van der Waals surface area (Å²) in [7, 11) is 0. The number of rotatable bonds is 5. The third-order valence-corrected chi connectivity index (χ3v) is 10.4. The third-order valence-electron chi connectivity index (χ3n) is 10.4. The van der Waals surface area contributed by atoms with E-state index in [0.717, 1.165) is 69.0 Å². The molecule has 0 fully saturated rings. The Hall–Kier alpha value is -6.33. The van der Waals surface area contributed by atoms with Crippen molar-refractivity contribution < 1.29 is 29.6 Å². The number of para-hydroxylation sites is 4. The summed E-state index contributed by atoms with van der Waals surface area (Å²) < 4.78 is 12.7. The van der Waals surface area contributed by atoms with Crippen LogP contribution in [0, 0.1) is 31.4 Å². The summed E-state index contributed by atoms with van der Waals surface area (Å²) in [5, 5.41) is 0. The van der Waals surface area contributed by atoms with E-state index in [4.69, 9.17) is 9.47 Å². The number of benzene rings is 6. The number of aryl methyl sites for hydroxylation is 2. The molecule has 6 aromatic carbocycles. The fourth-order valence-corrected chi connectivity index (χ4v) is 7.71. The minimum Gasteiger partial charge on any atom is -0.497 e. The van der Waals surface area contributed by atoms with Crippen LogP contribution in [0.2, 0.25) is 0 Å². The molecule has 0 amide bonds. The molecule has 2 aliphatic heterocycles. The number of ether oxygens (including phenoxy) is 2. The van der Waals surface area contributed by atoms with Gasteiger partial charge in [-0.2, -0.15) is 0 Å². The van der Waals surface area contributed by atoms with Crippen molar-refractivity contribution in [1.82, 2.24) is 9.97 Å². The van der Waals surface area contributed by atoms with Crippen LogP contribution in [0.15, 0.2) is 158 Å². The molecular formula is C53H43IrN3O2-2. The molecule has 4 heterocycles. The molecule has 2 aliphatic rings. The monoisotopic (exact) mass is 946 g/mol. The predicted octanol–water partition coefficient (Wildman–Crippen LogP) is 14.3. The maximum Gasteiger partial charge on any atom is 0.138 e. The van der Waals surface area contributed by atoms with E-state index in [1.54, 1.807) is 0 Å². The van der Waals surface area contributed by atoms with Crippen molar-refractivity contribution in [1.29, 1.82) is 0 Å². The summed E-state index contributed by atoms with van der Waals surface area (Å²) >= 11 is 0. The molecule has 10 rings (SSSR count). The van der Waals surface area contributed by atoms with Gasteiger partial charge in [-0.25, -0.2) is 0 Å². The topological polar surface area (TPSA) is 47.5 Å². The first kappa shape index (κ1) is 39.5. The van der Waals surface area contributed by atoms with Crippen LogP contribution in [0.5, 0.6) is 23.0 Å². The molecule has 0 N–H and O–H groups in total. The minimum absolute atomic E-state index is 0. The van der Waals surface area contributed by atoms with Gasteiger partial charge in [0.15, 0.2) is 0 Å². The summed E-state index contributed by atoms with van der Waals surface area (Å²) in [4.78, 5) is 11.6. The van der Waals surface area contributed by atoms with Crippen LogP contribution in [0.3, 0.4) is 0 Å². The van der Waals surface area contributed by atoms with Crippen LogP contribution in [-0.2, 0) is 26.5 Å². The van der Waals surface area contributed by atoms with Gasteiger partial charge >= 0.3 is 0 Å². The van der Waals surface area contributed by atoms with Crippen molar-refractivity contribution in [2.24, 2.45) is 5.41 Å². The van der Waals surface area contributed by atoms with Crippen LogP contribution in [0.1, 0.15) is 37.5 Å². The molecule has 2 aromatic heterocycles. The Morgan fingerprint density at radius 3 is 1.86 bits per heavy atom. The Morgan fingerprint density at radius 1 is 0.593 bits per heavy atom. The van der Waals surface area contributed by atoms with E-state index in [9.17, 15) is 0 Å². The van der Waals surface area contributed by atoms with Gasteiger partial charge in [0.05, 0.1) is 22.9 Å². The molecule has 0 atom stereocenters. The Kier molecular flexibility index (Phi) is 11.0. The zero-order valence-electron chi connectivity index (χ0n) is 33.7. The maximum atomic E-state index is 6.47. The van der Waals surface area contributed by atoms with Crippen LogP contribution < -0.4 is 14.4 Å². The van der Waals surface area contributed by atoms with E-state index in [-0.39, 0.29) is 25.5 Å². The van der Waals surface area contributed by atoms with Gasteiger partial charge in [0.25, 0.3) is 0 Å². The number of hydrogen-bond acceptors (Lipinski definition) is 5. The number of anilines is 3. The summed E-state index contributed by atoms with van der Waals surface area (Å²) in [6, 6.07) is 56.4. The minimum atomic E-state index is 0. The van der Waals surface area contributed by atoms with E-state index >= 15 is 0 Å². The zero-order valence-corrected chi connectivity index (χ0v) is 36.1.